The number of nitrogens with one attached hydrogen (secondary N) is 1. The number of alkyl halides is 3. The number of benzene rings is 1. The minimum Gasteiger partial charge on any atom is -0.382 e. The van der Waals surface area contributed by atoms with Gasteiger partial charge in [-0.2, -0.15) is 13.2 Å². The minimum absolute atomic E-state index is 0.117. The van der Waals surface area contributed by atoms with Gasteiger partial charge >= 0.3 is 6.18 Å². The largest absolute Gasteiger partial charge is 0.419 e. The lowest BCUT2D eigenvalue weighted by molar-refractivity contribution is -0.139. The van der Waals surface area contributed by atoms with Gasteiger partial charge in [0.2, 0.25) is 0 Å². The zero-order chi connectivity index (χ0) is 14.5. The molecule has 0 radical (unpaired) electrons. The van der Waals surface area contributed by atoms with Crippen LogP contribution < -0.4 is 5.32 Å². The van der Waals surface area contributed by atoms with Gasteiger partial charge in [-0.1, -0.05) is 26.7 Å². The van der Waals surface area contributed by atoms with E-state index >= 15 is 0 Å². The fraction of sp³-hybridized carbons (Fsp3) is 0.571. The van der Waals surface area contributed by atoms with Crippen molar-refractivity contribution in [2.75, 3.05) is 5.32 Å². The number of halogens is 4. The Morgan fingerprint density at radius 3 is 2.42 bits per heavy atom. The van der Waals surface area contributed by atoms with E-state index in [0.29, 0.717) is 5.69 Å². The molecule has 0 heterocycles. The molecule has 5 heteroatoms. The Labute approximate surface area is 111 Å². The standard InChI is InChI=1S/C14H19F4N/c1-3-5-6-10(4-2)19-11-7-8-13(15)12(9-11)14(16,17)18/h7-10,19H,3-6H2,1-2H3. The van der Waals surface area contributed by atoms with E-state index in [1.165, 1.54) is 6.07 Å². The molecule has 1 nitrogen and oxygen atoms in total. The number of hydrogen-bond acceptors (Lipinski definition) is 1. The molecule has 1 atom stereocenters. The van der Waals surface area contributed by atoms with Gasteiger partial charge in [0, 0.05) is 11.7 Å². The van der Waals surface area contributed by atoms with Gasteiger partial charge in [-0.25, -0.2) is 4.39 Å². The summed E-state index contributed by atoms with van der Waals surface area (Å²) in [4.78, 5) is 0. The van der Waals surface area contributed by atoms with Crippen molar-refractivity contribution in [3.05, 3.63) is 29.6 Å². The Morgan fingerprint density at radius 1 is 1.21 bits per heavy atom. The lowest BCUT2D eigenvalue weighted by Crippen LogP contribution is -2.19. The molecule has 1 N–H and O–H groups in total. The van der Waals surface area contributed by atoms with Crippen LogP contribution in [0.5, 0.6) is 0 Å². The minimum atomic E-state index is -4.66. The summed E-state index contributed by atoms with van der Waals surface area (Å²) >= 11 is 0. The zero-order valence-electron chi connectivity index (χ0n) is 11.1. The second kappa shape index (κ2) is 6.78. The molecule has 1 aromatic carbocycles. The van der Waals surface area contributed by atoms with Crippen LogP contribution in [0.4, 0.5) is 23.2 Å². The molecule has 0 bridgehead atoms. The van der Waals surface area contributed by atoms with Crippen molar-refractivity contribution in [2.45, 2.75) is 51.7 Å². The van der Waals surface area contributed by atoms with Crippen LogP contribution in [0.3, 0.4) is 0 Å². The Bertz CT molecular complexity index is 401. The average Bonchev–Trinajstić information content (AvgIpc) is 2.35. The highest BCUT2D eigenvalue weighted by molar-refractivity contribution is 5.47. The fourth-order valence-electron chi connectivity index (χ4n) is 1.90. The predicted octanol–water partition coefficient (Wildman–Crippen LogP) is 5.23. The first kappa shape index (κ1) is 15.8. The van der Waals surface area contributed by atoms with Gasteiger partial charge in [0.05, 0.1) is 5.56 Å². The molecule has 0 aliphatic rings. The second-order valence-corrected chi connectivity index (χ2v) is 4.58. The number of hydrogen-bond donors (Lipinski definition) is 1. The summed E-state index contributed by atoms with van der Waals surface area (Å²) in [5.74, 6) is -1.24. The van der Waals surface area contributed by atoms with Gasteiger partial charge < -0.3 is 5.32 Å². The molecular formula is C14H19F4N. The van der Waals surface area contributed by atoms with Crippen molar-refractivity contribution in [3.63, 3.8) is 0 Å². The van der Waals surface area contributed by atoms with Crippen LogP contribution in [0.15, 0.2) is 18.2 Å². The van der Waals surface area contributed by atoms with Crippen molar-refractivity contribution in [2.24, 2.45) is 0 Å². The SMILES string of the molecule is CCCCC(CC)Nc1ccc(F)c(C(F)(F)F)c1. The topological polar surface area (TPSA) is 12.0 Å². The van der Waals surface area contributed by atoms with E-state index in [2.05, 4.69) is 12.2 Å². The van der Waals surface area contributed by atoms with E-state index < -0.39 is 17.6 Å². The lowest BCUT2D eigenvalue weighted by atomic mass is 10.1. The average molecular weight is 277 g/mol. The molecule has 108 valence electrons. The summed E-state index contributed by atoms with van der Waals surface area (Å²) in [6.07, 6.45) is -0.897. The molecule has 0 fully saturated rings. The molecular weight excluding hydrogens is 258 g/mol. The molecule has 1 rings (SSSR count). The van der Waals surface area contributed by atoms with Crippen LogP contribution in [0.2, 0.25) is 0 Å². The van der Waals surface area contributed by atoms with E-state index in [9.17, 15) is 17.6 Å². The molecule has 1 aromatic rings. The van der Waals surface area contributed by atoms with Crippen LogP contribution in [0, 0.1) is 5.82 Å². The van der Waals surface area contributed by atoms with Gasteiger partial charge in [0.25, 0.3) is 0 Å². The van der Waals surface area contributed by atoms with Gasteiger partial charge in [-0.05, 0) is 31.0 Å². The normalized spacial score (nSPS) is 13.4. The van der Waals surface area contributed by atoms with Gasteiger partial charge in [-0.15, -0.1) is 0 Å². The summed E-state index contributed by atoms with van der Waals surface area (Å²) in [6, 6.07) is 3.16. The Morgan fingerprint density at radius 2 is 1.89 bits per heavy atom. The van der Waals surface area contributed by atoms with Gasteiger partial charge in [0.15, 0.2) is 0 Å². The second-order valence-electron chi connectivity index (χ2n) is 4.58. The fourth-order valence-corrected chi connectivity index (χ4v) is 1.90. The summed E-state index contributed by atoms with van der Waals surface area (Å²) in [6.45, 7) is 4.04. The van der Waals surface area contributed by atoms with E-state index in [-0.39, 0.29) is 6.04 Å². The third-order valence-electron chi connectivity index (χ3n) is 3.04. The number of rotatable bonds is 6. The highest BCUT2D eigenvalue weighted by Crippen LogP contribution is 2.33. The summed E-state index contributed by atoms with van der Waals surface area (Å²) in [5, 5.41) is 3.04. The molecule has 1 unspecified atom stereocenters. The lowest BCUT2D eigenvalue weighted by Gasteiger charge is -2.19. The van der Waals surface area contributed by atoms with Crippen LogP contribution in [-0.2, 0) is 6.18 Å². The Hall–Kier alpha value is -1.26. The third-order valence-corrected chi connectivity index (χ3v) is 3.04. The molecule has 0 spiro atoms. The highest BCUT2D eigenvalue weighted by Gasteiger charge is 2.34. The molecule has 0 aliphatic heterocycles. The van der Waals surface area contributed by atoms with E-state index in [1.807, 2.05) is 6.92 Å². The maximum atomic E-state index is 13.1. The van der Waals surface area contributed by atoms with Crippen LogP contribution >= 0.6 is 0 Å². The van der Waals surface area contributed by atoms with Crippen molar-refractivity contribution >= 4 is 5.69 Å². The van der Waals surface area contributed by atoms with Crippen molar-refractivity contribution in [3.8, 4) is 0 Å². The van der Waals surface area contributed by atoms with E-state index in [0.717, 1.165) is 37.8 Å². The number of anilines is 1. The monoisotopic (exact) mass is 277 g/mol. The third kappa shape index (κ3) is 4.73. The quantitative estimate of drug-likeness (QED) is 0.702. The summed E-state index contributed by atoms with van der Waals surface area (Å²) in [7, 11) is 0. The van der Waals surface area contributed by atoms with Gasteiger partial charge in [0.1, 0.15) is 5.82 Å². The molecule has 0 aliphatic carbocycles. The van der Waals surface area contributed by atoms with Crippen molar-refractivity contribution in [1.82, 2.24) is 0 Å². The predicted molar refractivity (Wildman–Crippen MR) is 68.6 cm³/mol. The molecule has 0 saturated carbocycles. The van der Waals surface area contributed by atoms with Crippen LogP contribution in [-0.4, -0.2) is 6.04 Å². The van der Waals surface area contributed by atoms with Crippen molar-refractivity contribution in [1.29, 1.82) is 0 Å². The molecule has 0 saturated heterocycles. The highest BCUT2D eigenvalue weighted by atomic mass is 19.4. The van der Waals surface area contributed by atoms with E-state index in [4.69, 9.17) is 0 Å². The Kier molecular flexibility index (Phi) is 5.63. The summed E-state index contributed by atoms with van der Waals surface area (Å²) in [5.41, 5.74) is -0.903. The smallest absolute Gasteiger partial charge is 0.382 e. The maximum Gasteiger partial charge on any atom is 0.419 e. The number of unbranched alkanes of at least 4 members (excludes halogenated alkanes) is 1. The van der Waals surface area contributed by atoms with Gasteiger partial charge in [-0.3, -0.25) is 0 Å². The Balaban J connectivity index is 2.84. The van der Waals surface area contributed by atoms with Crippen LogP contribution in [0.1, 0.15) is 45.1 Å². The molecule has 0 aromatic heterocycles. The summed E-state index contributed by atoms with van der Waals surface area (Å²) < 4.78 is 50.9. The first-order chi connectivity index (χ1) is 8.88. The first-order valence-corrected chi connectivity index (χ1v) is 6.51. The van der Waals surface area contributed by atoms with Crippen molar-refractivity contribution < 1.29 is 17.6 Å². The first-order valence-electron chi connectivity index (χ1n) is 6.51. The van der Waals surface area contributed by atoms with Crippen LogP contribution in [0.25, 0.3) is 0 Å². The molecule has 19 heavy (non-hydrogen) atoms. The zero-order valence-corrected chi connectivity index (χ0v) is 11.1. The molecule has 0 amide bonds. The maximum absolute atomic E-state index is 13.1. The van der Waals surface area contributed by atoms with E-state index in [1.54, 1.807) is 0 Å².